The van der Waals surface area contributed by atoms with Crippen LogP contribution in [0.25, 0.3) is 0 Å². The molecule has 0 aliphatic carbocycles. The molecule has 1 aliphatic heterocycles. The third-order valence-corrected chi connectivity index (χ3v) is 5.04. The van der Waals surface area contributed by atoms with E-state index >= 15 is 0 Å². The minimum Gasteiger partial charge on any atom is -0.352 e. The highest BCUT2D eigenvalue weighted by molar-refractivity contribution is 14.0. The summed E-state index contributed by atoms with van der Waals surface area (Å²) in [6.07, 6.45) is 1.10. The Morgan fingerprint density at radius 1 is 1.14 bits per heavy atom. The largest absolute Gasteiger partial charge is 0.352 e. The predicted octanol–water partition coefficient (Wildman–Crippen LogP) is 3.50. The smallest absolute Gasteiger partial charge is 0.191 e. The Kier molecular flexibility index (Phi) is 8.74. The molecule has 0 aromatic heterocycles. The monoisotopic (exact) mass is 489 g/mol. The molecule has 1 aliphatic rings. The number of hydrogen-bond acceptors (Lipinski definition) is 3. The van der Waals surface area contributed by atoms with Crippen LogP contribution in [0, 0.1) is 11.3 Å². The zero-order valence-corrected chi connectivity index (χ0v) is 18.8. The van der Waals surface area contributed by atoms with Crippen LogP contribution in [-0.4, -0.2) is 36.5 Å². The molecular formula is C22H28IN5. The zero-order valence-electron chi connectivity index (χ0n) is 16.4. The first-order valence-electron chi connectivity index (χ1n) is 9.42. The highest BCUT2D eigenvalue weighted by atomic mass is 127. The van der Waals surface area contributed by atoms with Crippen LogP contribution in [0.4, 0.5) is 0 Å². The van der Waals surface area contributed by atoms with Gasteiger partial charge < -0.3 is 10.6 Å². The normalized spacial score (nSPS) is 19.5. The number of likely N-dealkylation sites (tertiary alicyclic amines) is 1. The summed E-state index contributed by atoms with van der Waals surface area (Å²) in [5, 5.41) is 15.8. The number of guanidine groups is 1. The molecule has 0 bridgehead atoms. The number of benzene rings is 2. The van der Waals surface area contributed by atoms with E-state index in [9.17, 15) is 0 Å². The molecule has 2 atom stereocenters. The van der Waals surface area contributed by atoms with Crippen LogP contribution >= 0.6 is 24.0 Å². The van der Waals surface area contributed by atoms with Crippen molar-refractivity contribution in [3.05, 3.63) is 71.3 Å². The van der Waals surface area contributed by atoms with Gasteiger partial charge >= 0.3 is 0 Å². The molecule has 1 heterocycles. The third-order valence-electron chi connectivity index (χ3n) is 5.04. The highest BCUT2D eigenvalue weighted by Crippen LogP contribution is 2.20. The Morgan fingerprint density at radius 3 is 2.50 bits per heavy atom. The van der Waals surface area contributed by atoms with E-state index in [0.29, 0.717) is 24.2 Å². The highest BCUT2D eigenvalue weighted by Gasteiger charge is 2.29. The molecule has 3 rings (SSSR count). The van der Waals surface area contributed by atoms with Crippen LogP contribution in [0.5, 0.6) is 0 Å². The molecule has 2 N–H and O–H groups in total. The van der Waals surface area contributed by atoms with Crippen LogP contribution in [0.2, 0.25) is 0 Å². The average Bonchev–Trinajstić information content (AvgIpc) is 3.05. The maximum absolute atomic E-state index is 8.88. The number of nitrogens with one attached hydrogen (secondary N) is 2. The summed E-state index contributed by atoms with van der Waals surface area (Å²) in [7, 11) is 1.80. The molecule has 1 saturated heterocycles. The number of nitrogens with zero attached hydrogens (tertiary/aromatic N) is 3. The SMILES string of the molecule is CN=C(NCc1ccc(C#N)cc1)NC1CC(C)N(Cc2ccccc2)C1.I. The third kappa shape index (κ3) is 6.21. The van der Waals surface area contributed by atoms with Crippen molar-refractivity contribution < 1.29 is 0 Å². The fourth-order valence-corrected chi connectivity index (χ4v) is 3.51. The molecule has 148 valence electrons. The van der Waals surface area contributed by atoms with Gasteiger partial charge in [0, 0.05) is 38.8 Å². The van der Waals surface area contributed by atoms with Crippen molar-refractivity contribution >= 4 is 29.9 Å². The van der Waals surface area contributed by atoms with Crippen molar-refractivity contribution in [3.63, 3.8) is 0 Å². The molecule has 0 radical (unpaired) electrons. The van der Waals surface area contributed by atoms with E-state index in [1.165, 1.54) is 5.56 Å². The van der Waals surface area contributed by atoms with Gasteiger partial charge in [0.1, 0.15) is 0 Å². The Balaban J connectivity index is 0.00000280. The molecule has 6 heteroatoms. The van der Waals surface area contributed by atoms with Crippen molar-refractivity contribution in [1.29, 1.82) is 5.26 Å². The van der Waals surface area contributed by atoms with Gasteiger partial charge in [0.15, 0.2) is 5.96 Å². The summed E-state index contributed by atoms with van der Waals surface area (Å²) in [5.74, 6) is 0.818. The van der Waals surface area contributed by atoms with E-state index in [0.717, 1.165) is 31.0 Å². The lowest BCUT2D eigenvalue weighted by atomic mass is 10.1. The van der Waals surface area contributed by atoms with E-state index in [2.05, 4.69) is 63.9 Å². The number of rotatable bonds is 5. The zero-order chi connectivity index (χ0) is 19.1. The Bertz CT molecular complexity index is 798. The number of hydrogen-bond donors (Lipinski definition) is 2. The van der Waals surface area contributed by atoms with Crippen molar-refractivity contribution in [2.24, 2.45) is 4.99 Å². The lowest BCUT2D eigenvalue weighted by Crippen LogP contribution is -2.44. The first-order valence-corrected chi connectivity index (χ1v) is 9.42. The Hall–Kier alpha value is -2.11. The second kappa shape index (κ2) is 11.0. The van der Waals surface area contributed by atoms with E-state index in [1.54, 1.807) is 7.05 Å². The Morgan fingerprint density at radius 2 is 1.86 bits per heavy atom. The molecule has 0 saturated carbocycles. The first kappa shape index (κ1) is 22.2. The van der Waals surface area contributed by atoms with Crippen molar-refractivity contribution in [1.82, 2.24) is 15.5 Å². The minimum atomic E-state index is 0. The van der Waals surface area contributed by atoms with E-state index in [1.807, 2.05) is 24.3 Å². The lowest BCUT2D eigenvalue weighted by Gasteiger charge is -2.21. The maximum atomic E-state index is 8.88. The molecule has 28 heavy (non-hydrogen) atoms. The Labute approximate surface area is 184 Å². The molecule has 0 amide bonds. The van der Waals surface area contributed by atoms with Crippen LogP contribution in [0.15, 0.2) is 59.6 Å². The molecule has 2 unspecified atom stereocenters. The fourth-order valence-electron chi connectivity index (χ4n) is 3.51. The van der Waals surface area contributed by atoms with Gasteiger partial charge in [-0.05, 0) is 36.6 Å². The van der Waals surface area contributed by atoms with Crippen LogP contribution < -0.4 is 10.6 Å². The van der Waals surface area contributed by atoms with Crippen LogP contribution in [0.1, 0.15) is 30.0 Å². The minimum absolute atomic E-state index is 0. The van der Waals surface area contributed by atoms with Gasteiger partial charge in [-0.2, -0.15) is 5.26 Å². The molecule has 2 aromatic carbocycles. The second-order valence-corrected chi connectivity index (χ2v) is 7.08. The van der Waals surface area contributed by atoms with Crippen molar-refractivity contribution in [2.75, 3.05) is 13.6 Å². The van der Waals surface area contributed by atoms with Crippen LogP contribution in [-0.2, 0) is 13.1 Å². The molecule has 2 aromatic rings. The summed E-state index contributed by atoms with van der Waals surface area (Å²) in [6, 6.07) is 21.3. The second-order valence-electron chi connectivity index (χ2n) is 7.08. The first-order chi connectivity index (χ1) is 13.2. The summed E-state index contributed by atoms with van der Waals surface area (Å²) in [6.45, 7) is 4.96. The number of aliphatic imine (C=N–C) groups is 1. The molecule has 0 spiro atoms. The lowest BCUT2D eigenvalue weighted by molar-refractivity contribution is 0.258. The van der Waals surface area contributed by atoms with Gasteiger partial charge in [0.25, 0.3) is 0 Å². The van der Waals surface area contributed by atoms with Crippen molar-refractivity contribution in [3.8, 4) is 6.07 Å². The quantitative estimate of drug-likeness (QED) is 0.384. The standard InChI is InChI=1S/C22H27N5.HI/c1-17-12-21(16-27(17)15-20-6-4-3-5-7-20)26-22(24-2)25-14-19-10-8-18(13-23)9-11-19;/h3-11,17,21H,12,14-16H2,1-2H3,(H2,24,25,26);1H. The van der Waals surface area contributed by atoms with E-state index < -0.39 is 0 Å². The average molecular weight is 489 g/mol. The summed E-state index contributed by atoms with van der Waals surface area (Å²) < 4.78 is 0. The molecule has 1 fully saturated rings. The maximum Gasteiger partial charge on any atom is 0.191 e. The topological polar surface area (TPSA) is 63.5 Å². The number of nitriles is 1. The van der Waals surface area contributed by atoms with Crippen LogP contribution in [0.3, 0.4) is 0 Å². The number of halogens is 1. The van der Waals surface area contributed by atoms with E-state index in [-0.39, 0.29) is 24.0 Å². The van der Waals surface area contributed by atoms with Gasteiger partial charge in [-0.3, -0.25) is 9.89 Å². The van der Waals surface area contributed by atoms with Crippen molar-refractivity contribution in [2.45, 2.75) is 38.5 Å². The van der Waals surface area contributed by atoms with Gasteiger partial charge in [-0.15, -0.1) is 24.0 Å². The summed E-state index contributed by atoms with van der Waals surface area (Å²) in [4.78, 5) is 6.87. The van der Waals surface area contributed by atoms with Gasteiger partial charge in [-0.1, -0.05) is 42.5 Å². The summed E-state index contributed by atoms with van der Waals surface area (Å²) >= 11 is 0. The molecular weight excluding hydrogens is 461 g/mol. The van der Waals surface area contributed by atoms with Gasteiger partial charge in [0.05, 0.1) is 11.6 Å². The summed E-state index contributed by atoms with van der Waals surface area (Å²) in [5.41, 5.74) is 3.16. The van der Waals surface area contributed by atoms with Gasteiger partial charge in [0.2, 0.25) is 0 Å². The molecule has 5 nitrogen and oxygen atoms in total. The fraction of sp³-hybridized carbons (Fsp3) is 0.364. The predicted molar refractivity (Wildman–Crippen MR) is 125 cm³/mol. The van der Waals surface area contributed by atoms with E-state index in [4.69, 9.17) is 5.26 Å². The van der Waals surface area contributed by atoms with Gasteiger partial charge in [-0.25, -0.2) is 0 Å².